The van der Waals surface area contributed by atoms with Crippen LogP contribution < -0.4 is 4.74 Å². The molecule has 686 valence electrons. The maximum absolute atomic E-state index is 9.66. The Hall–Kier alpha value is -9.64. The Morgan fingerprint density at radius 2 is 0.659 bits per heavy atom. The molecule has 0 aliphatic heterocycles. The molecular formula is C120H134Ir2N8O2-2. The SMILES string of the molecule is CCCCCCc1cc(CCCCCC)cc(-c2nc(-c3ccc(-c4[c-]cc5c(c4)C46CC(C)CC4(CC(C)C6)c4ccccc4-5)nc3)nc(-c3cc(CCCCCC)cc(CCCCCC)c3)n2)c1.COc1ccc(-c2nc(-c3ccc(CO)cc3)nc(-c3ccc(-c4[c-]cc5c(c4)C46CC(C)C(C)CC4(CC(C)C(C)C6)c4cc(-c6ccccc6)ccc4-5)nc3)n2)cc1.[Ir].[Ir]. The van der Waals surface area contributed by atoms with Crippen molar-refractivity contribution in [1.82, 2.24) is 39.9 Å². The third kappa shape index (κ3) is 19.3. The molecule has 0 bridgehead atoms. The Morgan fingerprint density at radius 3 is 1.05 bits per heavy atom. The minimum absolute atomic E-state index is 0. The maximum Gasteiger partial charge on any atom is 0.165 e. The summed E-state index contributed by atoms with van der Waals surface area (Å²) in [6, 6.07) is 82.9. The molecule has 12 heteroatoms. The molecule has 10 nitrogen and oxygen atoms in total. The summed E-state index contributed by atoms with van der Waals surface area (Å²) >= 11 is 0. The summed E-state index contributed by atoms with van der Waals surface area (Å²) in [5, 5.41) is 9.66. The summed E-state index contributed by atoms with van der Waals surface area (Å²) in [7, 11) is 1.66. The van der Waals surface area contributed by atoms with E-state index in [1.54, 1.807) is 18.2 Å². The fourth-order valence-electron chi connectivity index (χ4n) is 24.8. The van der Waals surface area contributed by atoms with Crippen molar-refractivity contribution in [1.29, 1.82) is 0 Å². The first-order valence-electron chi connectivity index (χ1n) is 49.9. The van der Waals surface area contributed by atoms with Gasteiger partial charge >= 0.3 is 0 Å². The number of aromatic nitrogens is 8. The number of pyridine rings is 2. The average molecular weight is 2100 g/mol. The second-order valence-electron chi connectivity index (χ2n) is 40.5. The Bertz CT molecular complexity index is 5880. The van der Waals surface area contributed by atoms with Crippen molar-refractivity contribution in [3.05, 3.63) is 281 Å². The number of ether oxygens (including phenoxy) is 1. The minimum Gasteiger partial charge on any atom is -0.497 e. The van der Waals surface area contributed by atoms with E-state index in [4.69, 9.17) is 44.6 Å². The molecule has 13 aromatic rings. The number of nitrogens with zero attached hydrogens (tertiary/aromatic N) is 8. The number of rotatable bonds is 31. The number of methoxy groups -OCH3 is 1. The Labute approximate surface area is 814 Å². The van der Waals surface area contributed by atoms with Crippen molar-refractivity contribution in [2.24, 2.45) is 35.5 Å². The standard InChI is InChI=1S/C66H83N4.C54H51N4O2.2Ir/c1-7-11-15-19-25-49-35-50(26-20-16-12-8-2)38-55(37-49)63-68-62(69-64(70-63)56-39-51(27-21-17-13-9-3)36-52(40-56)28-22-18-14-10-4)54-32-34-61(67-46-54)53-31-33-58-57-29-23-24-30-59(57)65-42-47(5)44-66(65,60(58)41-53)45-48(6)43-65;1-33-27-53-28-34(2)36(4)30-54(53,29-35(33)3)48-26-42(18-23-46(48)45-22-17-41(25-47(45)53)38-9-7-6-8-10-38)49-24-19-43(31-55-49)52-57-50(39-13-11-37(32-59)12-14-39)56-51(58-52)40-15-20-44(60-5)21-16-40;;/h23-24,29-30,32-41,46-48H,7-22,25-28,42-45H2,1-6H3;6-17,19-26,31,33-36,59H,27-30,32H2,1-5H3;;/q2*-1;;. The van der Waals surface area contributed by atoms with Crippen LogP contribution in [0.3, 0.4) is 0 Å². The van der Waals surface area contributed by atoms with E-state index in [1.807, 2.05) is 60.9 Å². The maximum atomic E-state index is 9.66. The first kappa shape index (κ1) is 95.5. The first-order valence-corrected chi connectivity index (χ1v) is 49.9. The molecule has 1 N–H and O–H groups in total. The number of unbranched alkanes of at least 4 members (excludes halogenated alkanes) is 12. The minimum atomic E-state index is -0.0269. The van der Waals surface area contributed by atoms with Crippen molar-refractivity contribution in [2.45, 2.75) is 277 Å². The third-order valence-corrected chi connectivity index (χ3v) is 31.3. The Morgan fingerprint density at radius 1 is 0.311 bits per heavy atom. The van der Waals surface area contributed by atoms with Gasteiger partial charge in [-0.2, -0.15) is 0 Å². The van der Waals surface area contributed by atoms with E-state index < -0.39 is 0 Å². The molecule has 9 aromatic carbocycles. The van der Waals surface area contributed by atoms with Gasteiger partial charge in [0.15, 0.2) is 34.9 Å². The fraction of sp³-hybridized carbons (Fsp3) is 0.417. The monoisotopic (exact) mass is 2100 g/mol. The molecule has 6 aliphatic rings. The number of aliphatic hydroxyl groups excluding tert-OH is 1. The molecule has 2 radical (unpaired) electrons. The van der Waals surface area contributed by atoms with Gasteiger partial charge in [0.2, 0.25) is 0 Å². The second-order valence-corrected chi connectivity index (χ2v) is 40.5. The molecule has 6 aliphatic carbocycles. The van der Waals surface area contributed by atoms with Crippen LogP contribution in [0.15, 0.2) is 219 Å². The summed E-state index contributed by atoms with van der Waals surface area (Å²) in [5.74, 6) is 8.52. The summed E-state index contributed by atoms with van der Waals surface area (Å²) in [4.78, 5) is 41.3. The summed E-state index contributed by atoms with van der Waals surface area (Å²) in [6.07, 6.45) is 38.1. The molecule has 132 heavy (non-hydrogen) atoms. The molecular weight excluding hydrogens is 1970 g/mol. The van der Waals surface area contributed by atoms with E-state index in [0.29, 0.717) is 58.8 Å². The van der Waals surface area contributed by atoms with Crippen LogP contribution >= 0.6 is 0 Å². The molecule has 0 saturated heterocycles. The summed E-state index contributed by atoms with van der Waals surface area (Å²) < 4.78 is 5.41. The second kappa shape index (κ2) is 42.1. The molecule has 6 atom stereocenters. The van der Waals surface area contributed by atoms with Crippen molar-refractivity contribution in [2.75, 3.05) is 7.11 Å². The van der Waals surface area contributed by atoms with Crippen LogP contribution in [0, 0.1) is 47.6 Å². The fourth-order valence-corrected chi connectivity index (χ4v) is 24.8. The Balaban J connectivity index is 0.000000192. The Kier molecular flexibility index (Phi) is 30.5. The van der Waals surface area contributed by atoms with Crippen LogP contribution in [0.4, 0.5) is 0 Å². The predicted molar refractivity (Wildman–Crippen MR) is 535 cm³/mol. The number of aliphatic hydroxyl groups is 1. The van der Waals surface area contributed by atoms with Crippen LogP contribution in [0.25, 0.3) is 124 Å². The van der Waals surface area contributed by atoms with E-state index >= 15 is 0 Å². The van der Waals surface area contributed by atoms with Gasteiger partial charge in [0, 0.05) is 96.8 Å². The molecule has 0 spiro atoms. The van der Waals surface area contributed by atoms with E-state index in [-0.39, 0.29) is 68.5 Å². The van der Waals surface area contributed by atoms with Crippen molar-refractivity contribution in [3.8, 4) is 130 Å². The quantitative estimate of drug-likeness (QED) is 0.0331. The van der Waals surface area contributed by atoms with Crippen molar-refractivity contribution < 1.29 is 50.1 Å². The van der Waals surface area contributed by atoms with Gasteiger partial charge in [-0.1, -0.05) is 302 Å². The molecule has 6 unspecified atom stereocenters. The predicted octanol–water partition coefficient (Wildman–Crippen LogP) is 30.4. The first-order chi connectivity index (χ1) is 63.4. The van der Waals surface area contributed by atoms with Crippen molar-refractivity contribution >= 4 is 0 Å². The molecule has 4 fully saturated rings. The molecule has 0 amide bonds. The van der Waals surface area contributed by atoms with Crippen molar-refractivity contribution in [3.63, 3.8) is 0 Å². The van der Waals surface area contributed by atoms with E-state index in [1.165, 1.54) is 221 Å². The molecule has 4 heterocycles. The van der Waals surface area contributed by atoms with E-state index in [9.17, 15) is 5.11 Å². The van der Waals surface area contributed by atoms with Crippen LogP contribution in [-0.2, 0) is 94.2 Å². The number of hydrogen-bond donors (Lipinski definition) is 1. The number of aryl methyl sites for hydroxylation is 4. The molecule has 4 saturated carbocycles. The number of fused-ring (bicyclic) bond motifs is 6. The van der Waals surface area contributed by atoms with Crippen LogP contribution in [-0.4, -0.2) is 52.1 Å². The zero-order valence-corrected chi connectivity index (χ0v) is 84.6. The molecule has 19 rings (SSSR count). The van der Waals surface area contributed by atoms with Gasteiger partial charge in [0.05, 0.1) is 13.7 Å². The zero-order chi connectivity index (χ0) is 89.7. The third-order valence-electron chi connectivity index (χ3n) is 31.3. The van der Waals surface area contributed by atoms with Gasteiger partial charge < -0.3 is 19.8 Å². The van der Waals surface area contributed by atoms with E-state index in [0.717, 1.165) is 105 Å². The number of benzene rings is 9. The van der Waals surface area contributed by atoms with Crippen LogP contribution in [0.2, 0.25) is 0 Å². The van der Waals surface area contributed by atoms with Gasteiger partial charge in [-0.05, 0) is 259 Å². The average Bonchev–Trinajstić information content (AvgIpc) is 0.775. The van der Waals surface area contributed by atoms with Crippen LogP contribution in [0.1, 0.15) is 273 Å². The number of hydrogen-bond acceptors (Lipinski definition) is 10. The topological polar surface area (TPSA) is 133 Å². The zero-order valence-electron chi connectivity index (χ0n) is 79.9. The normalized spacial score (nSPS) is 21.6. The summed E-state index contributed by atoms with van der Waals surface area (Å²) in [6.45, 7) is 24.1. The smallest absolute Gasteiger partial charge is 0.165 e. The van der Waals surface area contributed by atoms with Crippen LogP contribution in [0.5, 0.6) is 5.75 Å². The summed E-state index contributed by atoms with van der Waals surface area (Å²) in [5.41, 5.74) is 30.6. The van der Waals surface area contributed by atoms with Gasteiger partial charge in [0.1, 0.15) is 5.75 Å². The van der Waals surface area contributed by atoms with Gasteiger partial charge in [-0.15, -0.1) is 58.7 Å². The van der Waals surface area contributed by atoms with Gasteiger partial charge in [-0.25, -0.2) is 29.9 Å². The molecule has 4 aromatic heterocycles. The van der Waals surface area contributed by atoms with Gasteiger partial charge in [0.25, 0.3) is 0 Å². The largest absolute Gasteiger partial charge is 0.497 e. The van der Waals surface area contributed by atoms with Gasteiger partial charge in [-0.3, -0.25) is 0 Å². The van der Waals surface area contributed by atoms with E-state index in [2.05, 4.69) is 239 Å².